The van der Waals surface area contributed by atoms with Gasteiger partial charge in [-0.2, -0.15) is 0 Å². The molecule has 0 amide bonds. The first-order chi connectivity index (χ1) is 9.31. The summed E-state index contributed by atoms with van der Waals surface area (Å²) in [4.78, 5) is 13.5. The molecule has 0 heterocycles. The lowest BCUT2D eigenvalue weighted by Gasteiger charge is -2.27. The number of nitrogens with one attached hydrogen (secondary N) is 1. The van der Waals surface area contributed by atoms with Gasteiger partial charge in [-0.25, -0.2) is 0 Å². The van der Waals surface area contributed by atoms with Crippen LogP contribution in [0.2, 0.25) is 0 Å². The summed E-state index contributed by atoms with van der Waals surface area (Å²) in [6.07, 6.45) is 2.70. The highest BCUT2D eigenvalue weighted by Gasteiger charge is 2.31. The van der Waals surface area contributed by atoms with E-state index in [9.17, 15) is 9.90 Å². The summed E-state index contributed by atoms with van der Waals surface area (Å²) in [7, 11) is 2.04. The molecule has 0 radical (unpaired) electrons. The van der Waals surface area contributed by atoms with E-state index in [4.69, 9.17) is 4.74 Å². The molecule has 0 rings (SSSR count). The highest BCUT2D eigenvalue weighted by atomic mass is 16.5. The Morgan fingerprint density at radius 2 is 2.05 bits per heavy atom. The third-order valence-corrected chi connectivity index (χ3v) is 3.38. The highest BCUT2D eigenvalue weighted by Crippen LogP contribution is 2.13. The van der Waals surface area contributed by atoms with Crippen molar-refractivity contribution in [2.75, 3.05) is 33.3 Å². The first-order valence-corrected chi connectivity index (χ1v) is 7.60. The third-order valence-electron chi connectivity index (χ3n) is 3.38. The Bertz CT molecular complexity index is 272. The third kappa shape index (κ3) is 8.51. The fraction of sp³-hybridized carbons (Fsp3) is 0.933. The van der Waals surface area contributed by atoms with Crippen molar-refractivity contribution in [2.24, 2.45) is 0 Å². The van der Waals surface area contributed by atoms with E-state index in [0.29, 0.717) is 6.42 Å². The molecule has 1 unspecified atom stereocenters. The van der Waals surface area contributed by atoms with Crippen molar-refractivity contribution >= 4 is 5.97 Å². The maximum absolute atomic E-state index is 11.4. The summed E-state index contributed by atoms with van der Waals surface area (Å²) in [5.74, 6) is -0.767. The number of rotatable bonds is 12. The summed E-state index contributed by atoms with van der Waals surface area (Å²) < 4.78 is 5.50. The van der Waals surface area contributed by atoms with Gasteiger partial charge in [0.25, 0.3) is 0 Å². The number of carbonyl (C=O) groups is 1. The second-order valence-corrected chi connectivity index (χ2v) is 5.89. The van der Waals surface area contributed by atoms with E-state index >= 15 is 0 Å². The van der Waals surface area contributed by atoms with Gasteiger partial charge in [0.05, 0.1) is 12.7 Å². The molecule has 0 aromatic carbocycles. The number of carboxylic acids is 1. The Kier molecular flexibility index (Phi) is 9.80. The second kappa shape index (κ2) is 10.1. The van der Waals surface area contributed by atoms with E-state index in [1.807, 2.05) is 27.8 Å². The zero-order chi connectivity index (χ0) is 15.6. The Labute approximate surface area is 123 Å². The molecular formula is C15H32N2O3. The van der Waals surface area contributed by atoms with Gasteiger partial charge in [-0.15, -0.1) is 0 Å². The number of aliphatic carboxylic acids is 1. The molecule has 5 heteroatoms. The van der Waals surface area contributed by atoms with Gasteiger partial charge in [0, 0.05) is 6.54 Å². The Balaban J connectivity index is 3.96. The van der Waals surface area contributed by atoms with Crippen molar-refractivity contribution in [2.45, 2.75) is 58.6 Å². The SMILES string of the molecule is CCCNC(C)(CCCN(C)CCOC(C)C)C(=O)O. The van der Waals surface area contributed by atoms with Crippen LogP contribution >= 0.6 is 0 Å². The molecule has 0 aromatic rings. The minimum absolute atomic E-state index is 0.261. The lowest BCUT2D eigenvalue weighted by atomic mass is 9.95. The van der Waals surface area contributed by atoms with E-state index < -0.39 is 11.5 Å². The molecule has 0 aliphatic rings. The molecule has 0 bridgehead atoms. The van der Waals surface area contributed by atoms with Crippen LogP contribution < -0.4 is 5.32 Å². The predicted octanol–water partition coefficient (Wildman–Crippen LogP) is 1.97. The Morgan fingerprint density at radius 1 is 1.40 bits per heavy atom. The van der Waals surface area contributed by atoms with Crippen LogP contribution in [0.4, 0.5) is 0 Å². The molecule has 5 nitrogen and oxygen atoms in total. The van der Waals surface area contributed by atoms with Crippen molar-refractivity contribution in [3.63, 3.8) is 0 Å². The number of carboxylic acid groups (broad SMARTS) is 1. The van der Waals surface area contributed by atoms with Crippen molar-refractivity contribution in [1.29, 1.82) is 0 Å². The maximum atomic E-state index is 11.4. The van der Waals surface area contributed by atoms with E-state index in [1.54, 1.807) is 6.92 Å². The van der Waals surface area contributed by atoms with Gasteiger partial charge in [-0.3, -0.25) is 4.79 Å². The molecule has 0 spiro atoms. The van der Waals surface area contributed by atoms with Gasteiger partial charge in [-0.1, -0.05) is 6.92 Å². The molecular weight excluding hydrogens is 256 g/mol. The maximum Gasteiger partial charge on any atom is 0.323 e. The van der Waals surface area contributed by atoms with E-state index in [0.717, 1.165) is 39.1 Å². The predicted molar refractivity (Wildman–Crippen MR) is 82.2 cm³/mol. The zero-order valence-electron chi connectivity index (χ0n) is 13.7. The van der Waals surface area contributed by atoms with Crippen molar-refractivity contribution in [1.82, 2.24) is 10.2 Å². The van der Waals surface area contributed by atoms with Crippen LogP contribution in [0.3, 0.4) is 0 Å². The summed E-state index contributed by atoms with van der Waals surface area (Å²) in [5, 5.41) is 12.5. The standard InChI is InChI=1S/C15H32N2O3/c1-6-9-16-15(4,14(18)19)8-7-10-17(5)11-12-20-13(2)3/h13,16H,6-12H2,1-5H3,(H,18,19). The smallest absolute Gasteiger partial charge is 0.323 e. The molecule has 120 valence electrons. The quantitative estimate of drug-likeness (QED) is 0.575. The van der Waals surface area contributed by atoms with Gasteiger partial charge in [0.2, 0.25) is 0 Å². The van der Waals surface area contributed by atoms with Gasteiger partial charge in [-0.05, 0) is 60.2 Å². The van der Waals surface area contributed by atoms with Crippen LogP contribution in [0.25, 0.3) is 0 Å². The lowest BCUT2D eigenvalue weighted by Crippen LogP contribution is -2.50. The molecule has 2 N–H and O–H groups in total. The molecule has 0 aliphatic carbocycles. The zero-order valence-corrected chi connectivity index (χ0v) is 13.7. The number of likely N-dealkylation sites (N-methyl/N-ethyl adjacent to an activating group) is 1. The fourth-order valence-corrected chi connectivity index (χ4v) is 1.93. The first kappa shape index (κ1) is 19.4. The van der Waals surface area contributed by atoms with Crippen LogP contribution in [0.15, 0.2) is 0 Å². The lowest BCUT2D eigenvalue weighted by molar-refractivity contribution is -0.144. The van der Waals surface area contributed by atoms with Crippen molar-refractivity contribution in [3.8, 4) is 0 Å². The van der Waals surface area contributed by atoms with Gasteiger partial charge in [0.1, 0.15) is 5.54 Å². The second-order valence-electron chi connectivity index (χ2n) is 5.89. The van der Waals surface area contributed by atoms with Crippen molar-refractivity contribution < 1.29 is 14.6 Å². The monoisotopic (exact) mass is 288 g/mol. The summed E-state index contributed by atoms with van der Waals surface area (Å²) in [5.41, 5.74) is -0.814. The molecule has 0 fully saturated rings. The van der Waals surface area contributed by atoms with Gasteiger partial charge >= 0.3 is 5.97 Å². The highest BCUT2D eigenvalue weighted by molar-refractivity contribution is 5.78. The average molecular weight is 288 g/mol. The molecule has 20 heavy (non-hydrogen) atoms. The number of hydrogen-bond acceptors (Lipinski definition) is 4. The molecule has 0 saturated carbocycles. The molecule has 0 saturated heterocycles. The van der Waals surface area contributed by atoms with Crippen LogP contribution in [-0.4, -0.2) is 60.9 Å². The Hall–Kier alpha value is -0.650. The summed E-state index contributed by atoms with van der Waals surface area (Å²) >= 11 is 0. The normalized spacial score (nSPS) is 14.8. The van der Waals surface area contributed by atoms with Gasteiger partial charge < -0.3 is 20.1 Å². The largest absolute Gasteiger partial charge is 0.480 e. The van der Waals surface area contributed by atoms with E-state index in [1.165, 1.54) is 0 Å². The van der Waals surface area contributed by atoms with E-state index in [-0.39, 0.29) is 6.10 Å². The summed E-state index contributed by atoms with van der Waals surface area (Å²) in [6, 6.07) is 0. The van der Waals surface area contributed by atoms with Crippen LogP contribution in [0.1, 0.15) is 47.0 Å². The first-order valence-electron chi connectivity index (χ1n) is 7.60. The number of ether oxygens (including phenoxy) is 1. The topological polar surface area (TPSA) is 61.8 Å². The van der Waals surface area contributed by atoms with Crippen LogP contribution in [-0.2, 0) is 9.53 Å². The average Bonchev–Trinajstić information content (AvgIpc) is 2.35. The molecule has 1 atom stereocenters. The minimum Gasteiger partial charge on any atom is -0.480 e. The molecule has 0 aromatic heterocycles. The van der Waals surface area contributed by atoms with Crippen LogP contribution in [0, 0.1) is 0 Å². The minimum atomic E-state index is -0.814. The number of nitrogens with zero attached hydrogens (tertiary/aromatic N) is 1. The van der Waals surface area contributed by atoms with Crippen LogP contribution in [0.5, 0.6) is 0 Å². The Morgan fingerprint density at radius 3 is 2.55 bits per heavy atom. The van der Waals surface area contributed by atoms with Gasteiger partial charge in [0.15, 0.2) is 0 Å². The number of hydrogen-bond donors (Lipinski definition) is 2. The van der Waals surface area contributed by atoms with E-state index in [2.05, 4.69) is 10.2 Å². The molecule has 0 aliphatic heterocycles. The summed E-state index contributed by atoms with van der Waals surface area (Å²) in [6.45, 7) is 11.1. The fourth-order valence-electron chi connectivity index (χ4n) is 1.93. The van der Waals surface area contributed by atoms with Crippen molar-refractivity contribution in [3.05, 3.63) is 0 Å².